The van der Waals surface area contributed by atoms with Crippen LogP contribution in [0, 0.1) is 0 Å². The molecule has 17 heavy (non-hydrogen) atoms. The number of nitrogens with zero attached hydrogens (tertiary/aromatic N) is 1. The summed E-state index contributed by atoms with van der Waals surface area (Å²) in [5, 5.41) is 2.56. The number of hydrogen-bond donors (Lipinski definition) is 3. The maximum atomic E-state index is 12.0. The summed E-state index contributed by atoms with van der Waals surface area (Å²) in [4.78, 5) is 24.5. The maximum Gasteiger partial charge on any atom is 0.312 e. The molecule has 1 saturated heterocycles. The van der Waals surface area contributed by atoms with Crippen LogP contribution in [0.4, 0.5) is 4.79 Å². The normalized spacial score (nSPS) is 22.0. The molecule has 0 spiro atoms. The van der Waals surface area contributed by atoms with Crippen LogP contribution in [0.3, 0.4) is 0 Å². The average Bonchev–Trinajstić information content (AvgIpc) is 2.34. The Morgan fingerprint density at radius 3 is 2.76 bits per heavy atom. The Morgan fingerprint density at radius 1 is 1.47 bits per heavy atom. The number of nitrogens with one attached hydrogen (secondary N) is 1. The highest BCUT2D eigenvalue weighted by molar-refractivity contribution is 5.82. The Kier molecular flexibility index (Phi) is 5.21. The van der Waals surface area contributed by atoms with E-state index in [0.29, 0.717) is 13.0 Å². The van der Waals surface area contributed by atoms with Crippen LogP contribution in [0.15, 0.2) is 0 Å². The Bertz CT molecular complexity index is 283. The van der Waals surface area contributed by atoms with Crippen LogP contribution in [-0.4, -0.2) is 42.0 Å². The molecule has 1 aliphatic heterocycles. The molecule has 98 valence electrons. The van der Waals surface area contributed by atoms with Crippen LogP contribution < -0.4 is 16.8 Å². The Labute approximate surface area is 102 Å². The second-order valence-corrected chi connectivity index (χ2v) is 4.44. The summed E-state index contributed by atoms with van der Waals surface area (Å²) in [7, 11) is 0. The van der Waals surface area contributed by atoms with E-state index in [2.05, 4.69) is 5.32 Å². The molecule has 5 N–H and O–H groups in total. The Hall–Kier alpha value is -1.30. The van der Waals surface area contributed by atoms with Crippen molar-refractivity contribution in [3.8, 4) is 0 Å². The first-order valence-corrected chi connectivity index (χ1v) is 6.15. The molecule has 1 aliphatic rings. The molecule has 0 radical (unpaired) electrons. The number of piperidine rings is 1. The summed E-state index contributed by atoms with van der Waals surface area (Å²) in [6, 6.07) is -0.965. The van der Waals surface area contributed by atoms with Gasteiger partial charge in [-0.3, -0.25) is 4.79 Å². The van der Waals surface area contributed by atoms with Gasteiger partial charge in [0, 0.05) is 19.1 Å². The molecular formula is C11H22N4O2. The molecule has 0 aromatic carbocycles. The topological polar surface area (TPSA) is 101 Å². The van der Waals surface area contributed by atoms with Gasteiger partial charge in [-0.1, -0.05) is 6.92 Å². The zero-order chi connectivity index (χ0) is 12.8. The third-order valence-electron chi connectivity index (χ3n) is 3.18. The average molecular weight is 242 g/mol. The fraction of sp³-hybridized carbons (Fsp3) is 0.818. The quantitative estimate of drug-likeness (QED) is 0.634. The van der Waals surface area contributed by atoms with Gasteiger partial charge in [-0.15, -0.1) is 0 Å². The van der Waals surface area contributed by atoms with Gasteiger partial charge in [0.2, 0.25) is 5.91 Å². The number of nitrogens with two attached hydrogens (primary N) is 2. The van der Waals surface area contributed by atoms with Gasteiger partial charge in [-0.25, -0.2) is 4.79 Å². The van der Waals surface area contributed by atoms with Crippen molar-refractivity contribution in [2.75, 3.05) is 13.1 Å². The predicted molar refractivity (Wildman–Crippen MR) is 65.2 cm³/mol. The molecule has 1 rings (SSSR count). The van der Waals surface area contributed by atoms with E-state index in [0.717, 1.165) is 25.8 Å². The van der Waals surface area contributed by atoms with E-state index in [1.165, 1.54) is 0 Å². The minimum absolute atomic E-state index is 0.0246. The summed E-state index contributed by atoms with van der Waals surface area (Å²) in [6.45, 7) is 3.03. The summed E-state index contributed by atoms with van der Waals surface area (Å²) in [5.41, 5.74) is 10.8. The molecule has 0 aliphatic carbocycles. The fourth-order valence-corrected chi connectivity index (χ4v) is 2.11. The van der Waals surface area contributed by atoms with E-state index in [9.17, 15) is 9.59 Å². The Morgan fingerprint density at radius 2 is 2.18 bits per heavy atom. The van der Waals surface area contributed by atoms with Crippen LogP contribution in [0.2, 0.25) is 0 Å². The molecule has 0 aromatic rings. The van der Waals surface area contributed by atoms with Gasteiger partial charge in [0.05, 0.1) is 6.04 Å². The van der Waals surface area contributed by atoms with E-state index >= 15 is 0 Å². The highest BCUT2D eigenvalue weighted by Gasteiger charge is 2.29. The molecule has 3 amide bonds. The molecule has 6 heteroatoms. The van der Waals surface area contributed by atoms with E-state index in [1.807, 2.05) is 6.92 Å². The van der Waals surface area contributed by atoms with Crippen LogP contribution in [0.5, 0.6) is 0 Å². The fourth-order valence-electron chi connectivity index (χ4n) is 2.11. The van der Waals surface area contributed by atoms with Crippen LogP contribution in [-0.2, 0) is 4.79 Å². The van der Waals surface area contributed by atoms with Crippen molar-refractivity contribution in [3.05, 3.63) is 0 Å². The highest BCUT2D eigenvalue weighted by Crippen LogP contribution is 2.17. The number of carbonyl (C=O) groups is 2. The second kappa shape index (κ2) is 6.44. The third-order valence-corrected chi connectivity index (χ3v) is 3.18. The standard InChI is InChI=1S/C11H22N4O2/c1-2-9(12)10(16)15-6-4-3-5-8(15)7-14-11(13)17/h8-9H,2-7,12H2,1H3,(H3,13,14,17)/t8?,9-/m0/s1. The summed E-state index contributed by atoms with van der Waals surface area (Å²) >= 11 is 0. The minimum Gasteiger partial charge on any atom is -0.352 e. The van der Waals surface area contributed by atoms with Crippen molar-refractivity contribution in [3.63, 3.8) is 0 Å². The SMILES string of the molecule is CC[C@H](N)C(=O)N1CCCCC1CNC(N)=O. The lowest BCUT2D eigenvalue weighted by Crippen LogP contribution is -2.54. The zero-order valence-electron chi connectivity index (χ0n) is 10.3. The van der Waals surface area contributed by atoms with E-state index in [4.69, 9.17) is 11.5 Å². The highest BCUT2D eigenvalue weighted by atomic mass is 16.2. The molecule has 1 unspecified atom stereocenters. The number of urea groups is 1. The Balaban J connectivity index is 2.58. The minimum atomic E-state index is -0.553. The van der Waals surface area contributed by atoms with Crippen molar-refractivity contribution >= 4 is 11.9 Å². The monoisotopic (exact) mass is 242 g/mol. The lowest BCUT2D eigenvalue weighted by molar-refractivity contribution is -0.136. The van der Waals surface area contributed by atoms with Gasteiger partial charge in [0.25, 0.3) is 0 Å². The van der Waals surface area contributed by atoms with Crippen molar-refractivity contribution in [2.24, 2.45) is 11.5 Å². The van der Waals surface area contributed by atoms with Crippen molar-refractivity contribution < 1.29 is 9.59 Å². The summed E-state index contributed by atoms with van der Waals surface area (Å²) < 4.78 is 0. The number of rotatable bonds is 4. The number of carbonyl (C=O) groups excluding carboxylic acids is 2. The smallest absolute Gasteiger partial charge is 0.312 e. The van der Waals surface area contributed by atoms with Gasteiger partial charge in [0.15, 0.2) is 0 Å². The van der Waals surface area contributed by atoms with E-state index in [1.54, 1.807) is 4.90 Å². The molecular weight excluding hydrogens is 220 g/mol. The van der Waals surface area contributed by atoms with Gasteiger partial charge in [0.1, 0.15) is 0 Å². The summed E-state index contributed by atoms with van der Waals surface area (Å²) in [5.74, 6) is -0.0246. The zero-order valence-corrected chi connectivity index (χ0v) is 10.3. The maximum absolute atomic E-state index is 12.0. The van der Waals surface area contributed by atoms with Crippen molar-refractivity contribution in [1.29, 1.82) is 0 Å². The molecule has 2 atom stereocenters. The van der Waals surface area contributed by atoms with Gasteiger partial charge < -0.3 is 21.7 Å². The molecule has 1 heterocycles. The first-order valence-electron chi connectivity index (χ1n) is 6.15. The first-order chi connectivity index (χ1) is 8.06. The molecule has 1 fully saturated rings. The van der Waals surface area contributed by atoms with Gasteiger partial charge >= 0.3 is 6.03 Å². The predicted octanol–water partition coefficient (Wildman–Crippen LogP) is -0.227. The van der Waals surface area contributed by atoms with Crippen LogP contribution >= 0.6 is 0 Å². The van der Waals surface area contributed by atoms with Crippen molar-refractivity contribution in [2.45, 2.75) is 44.7 Å². The molecule has 0 aromatic heterocycles. The van der Waals surface area contributed by atoms with Gasteiger partial charge in [-0.05, 0) is 25.7 Å². The third kappa shape index (κ3) is 3.89. The summed E-state index contributed by atoms with van der Waals surface area (Å²) in [6.07, 6.45) is 3.58. The van der Waals surface area contributed by atoms with Crippen LogP contribution in [0.25, 0.3) is 0 Å². The number of amides is 3. The largest absolute Gasteiger partial charge is 0.352 e. The first kappa shape index (κ1) is 13.8. The lowest BCUT2D eigenvalue weighted by atomic mass is 10.0. The van der Waals surface area contributed by atoms with Crippen LogP contribution in [0.1, 0.15) is 32.6 Å². The number of hydrogen-bond acceptors (Lipinski definition) is 3. The van der Waals surface area contributed by atoms with Crippen molar-refractivity contribution in [1.82, 2.24) is 10.2 Å². The second-order valence-electron chi connectivity index (χ2n) is 4.44. The molecule has 0 bridgehead atoms. The van der Waals surface area contributed by atoms with Gasteiger partial charge in [-0.2, -0.15) is 0 Å². The lowest BCUT2D eigenvalue weighted by Gasteiger charge is -2.37. The number of likely N-dealkylation sites (tertiary alicyclic amines) is 1. The van der Waals surface area contributed by atoms with E-state index < -0.39 is 12.1 Å². The molecule has 6 nitrogen and oxygen atoms in total. The molecule has 0 saturated carbocycles. The number of primary amides is 1. The van der Waals surface area contributed by atoms with E-state index in [-0.39, 0.29) is 11.9 Å².